The summed E-state index contributed by atoms with van der Waals surface area (Å²) in [6, 6.07) is 14.3. The highest BCUT2D eigenvalue weighted by atomic mass is 31.2. The summed E-state index contributed by atoms with van der Waals surface area (Å²) in [5, 5.41) is 0. The van der Waals surface area contributed by atoms with E-state index in [2.05, 4.69) is 0 Å². The van der Waals surface area contributed by atoms with E-state index in [0.717, 1.165) is 5.56 Å². The second-order valence-electron chi connectivity index (χ2n) is 6.41. The molecule has 0 saturated heterocycles. The highest BCUT2D eigenvalue weighted by Gasteiger charge is 2.19. The van der Waals surface area contributed by atoms with Crippen LogP contribution in [0.4, 0.5) is 5.69 Å². The first-order valence-corrected chi connectivity index (χ1v) is 10.1. The van der Waals surface area contributed by atoms with Crippen molar-refractivity contribution in [3.8, 4) is 0 Å². The van der Waals surface area contributed by atoms with Crippen LogP contribution in [0.3, 0.4) is 0 Å². The van der Waals surface area contributed by atoms with E-state index in [1.54, 1.807) is 36.0 Å². The fourth-order valence-corrected chi connectivity index (χ4v) is 3.27. The molecule has 0 radical (unpaired) electrons. The van der Waals surface area contributed by atoms with E-state index in [-0.39, 0.29) is 17.6 Å². The van der Waals surface area contributed by atoms with Crippen LogP contribution in [0.2, 0.25) is 0 Å². The molecule has 138 valence electrons. The van der Waals surface area contributed by atoms with Crippen molar-refractivity contribution in [3.05, 3.63) is 65.2 Å². The van der Waals surface area contributed by atoms with Gasteiger partial charge in [-0.1, -0.05) is 38.1 Å². The molecule has 0 saturated carbocycles. The van der Waals surface area contributed by atoms with Gasteiger partial charge in [0.25, 0.3) is 5.91 Å². The Balaban J connectivity index is 1.99. The zero-order valence-electron chi connectivity index (χ0n) is 15.6. The smallest absolute Gasteiger partial charge is 0.258 e. The fourth-order valence-electron chi connectivity index (χ4n) is 2.39. The summed E-state index contributed by atoms with van der Waals surface area (Å²) in [6.07, 6.45) is 0. The molecule has 5 nitrogen and oxygen atoms in total. The lowest BCUT2D eigenvalue weighted by molar-refractivity contribution is 0.0873. The van der Waals surface area contributed by atoms with Crippen molar-refractivity contribution >= 4 is 25.7 Å². The van der Waals surface area contributed by atoms with Gasteiger partial charge in [0.05, 0.1) is 6.61 Å². The molecule has 0 spiro atoms. The zero-order chi connectivity index (χ0) is 19.3. The number of carbonyl (C=O) groups excluding carboxylic acids is 2. The lowest BCUT2D eigenvalue weighted by Gasteiger charge is -2.24. The van der Waals surface area contributed by atoms with Gasteiger partial charge in [-0.25, -0.2) is 0 Å². The van der Waals surface area contributed by atoms with E-state index in [0.29, 0.717) is 23.4 Å². The van der Waals surface area contributed by atoms with Crippen molar-refractivity contribution in [1.82, 2.24) is 4.67 Å². The Bertz CT molecular complexity index is 792. The Morgan fingerprint density at radius 2 is 1.77 bits per heavy atom. The largest absolute Gasteiger partial charge is 0.399 e. The van der Waals surface area contributed by atoms with Crippen LogP contribution in [0.5, 0.6) is 0 Å². The molecule has 2 rings (SSSR count). The molecule has 2 N–H and O–H groups in total. The molecule has 1 amide bonds. The Labute approximate surface area is 156 Å². The molecule has 1 unspecified atom stereocenters. The van der Waals surface area contributed by atoms with Crippen LogP contribution in [0.15, 0.2) is 48.5 Å². The minimum absolute atomic E-state index is 0.0449. The van der Waals surface area contributed by atoms with E-state index in [4.69, 9.17) is 10.3 Å². The van der Waals surface area contributed by atoms with Gasteiger partial charge in [-0.15, -0.1) is 0 Å². The van der Waals surface area contributed by atoms with Crippen molar-refractivity contribution < 1.29 is 14.1 Å². The number of Topliss-reactive ketones (excluding diaryl/α,β-unsaturated/α-hetero) is 1. The van der Waals surface area contributed by atoms with Crippen LogP contribution < -0.4 is 5.73 Å². The third kappa shape index (κ3) is 5.13. The second kappa shape index (κ2) is 8.93. The topological polar surface area (TPSA) is 72.6 Å². The summed E-state index contributed by atoms with van der Waals surface area (Å²) in [6.45, 7) is 5.99. The summed E-state index contributed by atoms with van der Waals surface area (Å²) < 4.78 is 7.48. The van der Waals surface area contributed by atoms with Gasteiger partial charge in [0.1, 0.15) is 8.30 Å². The number of carbonyl (C=O) groups is 2. The van der Waals surface area contributed by atoms with E-state index < -0.39 is 8.30 Å². The molecule has 0 bridgehead atoms. The predicted molar refractivity (Wildman–Crippen MR) is 106 cm³/mol. The summed E-state index contributed by atoms with van der Waals surface area (Å²) in [5.41, 5.74) is 8.43. The number of anilines is 1. The van der Waals surface area contributed by atoms with Crippen molar-refractivity contribution in [3.63, 3.8) is 0 Å². The van der Waals surface area contributed by atoms with Crippen molar-refractivity contribution in [2.24, 2.45) is 5.92 Å². The summed E-state index contributed by atoms with van der Waals surface area (Å²) >= 11 is 0. The summed E-state index contributed by atoms with van der Waals surface area (Å²) in [5.74, 6) is -0.0641. The first-order valence-electron chi connectivity index (χ1n) is 8.43. The molecule has 1 atom stereocenters. The highest BCUT2D eigenvalue weighted by molar-refractivity contribution is 7.49. The Hall–Kier alpha value is -2.23. The normalized spacial score (nSPS) is 12.0. The third-order valence-electron chi connectivity index (χ3n) is 4.00. The monoisotopic (exact) mass is 372 g/mol. The van der Waals surface area contributed by atoms with E-state index >= 15 is 0 Å². The minimum Gasteiger partial charge on any atom is -0.399 e. The van der Waals surface area contributed by atoms with Crippen LogP contribution in [0, 0.1) is 5.92 Å². The summed E-state index contributed by atoms with van der Waals surface area (Å²) in [7, 11) is 0.601. The van der Waals surface area contributed by atoms with Crippen LogP contribution in [0.1, 0.15) is 40.1 Å². The molecule has 0 aliphatic rings. The van der Waals surface area contributed by atoms with Crippen LogP contribution in [-0.4, -0.2) is 30.1 Å². The quantitative estimate of drug-likeness (QED) is 0.446. The first kappa shape index (κ1) is 20.1. The molecule has 2 aromatic rings. The molecular weight excluding hydrogens is 347 g/mol. The first-order chi connectivity index (χ1) is 12.3. The van der Waals surface area contributed by atoms with Crippen molar-refractivity contribution in [2.75, 3.05) is 19.4 Å². The molecule has 26 heavy (non-hydrogen) atoms. The maximum Gasteiger partial charge on any atom is 0.258 e. The number of hydrogen-bond acceptors (Lipinski definition) is 4. The maximum atomic E-state index is 12.5. The average molecular weight is 372 g/mol. The molecule has 0 aliphatic heterocycles. The Kier molecular flexibility index (Phi) is 6.90. The van der Waals surface area contributed by atoms with Gasteiger partial charge in [0, 0.05) is 29.8 Å². The molecular formula is C20H25N2O3P. The zero-order valence-corrected chi connectivity index (χ0v) is 16.5. The standard InChI is InChI=1S/C20H25N2O3P/c1-14(2)19(23)16-8-5-7-15(11-16)13-25-26(4)22(3)20(24)17-9-6-10-18(21)12-17/h5-12,14H,13,21H2,1-4H3. The van der Waals surface area contributed by atoms with Gasteiger partial charge in [0.2, 0.25) is 0 Å². The number of rotatable bonds is 7. The minimum atomic E-state index is -1.12. The number of nitrogens with two attached hydrogens (primary N) is 1. The highest BCUT2D eigenvalue weighted by Crippen LogP contribution is 2.38. The SMILES string of the molecule is CC(C)C(=O)c1cccc(COP(C)N(C)C(=O)c2cccc(N)c2)c1. The number of amides is 1. The van der Waals surface area contributed by atoms with Crippen molar-refractivity contribution in [2.45, 2.75) is 20.5 Å². The van der Waals surface area contributed by atoms with E-state index in [1.807, 2.05) is 44.8 Å². The molecule has 0 aromatic heterocycles. The van der Waals surface area contributed by atoms with Crippen molar-refractivity contribution in [1.29, 1.82) is 0 Å². The van der Waals surface area contributed by atoms with Crippen LogP contribution in [0.25, 0.3) is 0 Å². The Morgan fingerprint density at radius 1 is 1.12 bits per heavy atom. The van der Waals surface area contributed by atoms with E-state index in [1.165, 1.54) is 0 Å². The third-order valence-corrected chi connectivity index (χ3v) is 5.53. The molecule has 0 heterocycles. The second-order valence-corrected chi connectivity index (χ2v) is 8.20. The molecule has 6 heteroatoms. The van der Waals surface area contributed by atoms with Gasteiger partial charge in [0.15, 0.2) is 5.78 Å². The average Bonchev–Trinajstić information content (AvgIpc) is 2.64. The van der Waals surface area contributed by atoms with Gasteiger partial charge < -0.3 is 10.3 Å². The Morgan fingerprint density at radius 3 is 2.42 bits per heavy atom. The summed E-state index contributed by atoms with van der Waals surface area (Å²) in [4.78, 5) is 24.6. The predicted octanol–water partition coefficient (Wildman–Crippen LogP) is 4.34. The fraction of sp³-hybridized carbons (Fsp3) is 0.300. The number of hydrogen-bond donors (Lipinski definition) is 1. The number of benzene rings is 2. The molecule has 0 aliphatic carbocycles. The number of nitrogens with zero attached hydrogens (tertiary/aromatic N) is 1. The maximum absolute atomic E-state index is 12.5. The van der Waals surface area contributed by atoms with Crippen LogP contribution in [-0.2, 0) is 11.1 Å². The van der Waals surface area contributed by atoms with Gasteiger partial charge in [-0.3, -0.25) is 14.3 Å². The van der Waals surface area contributed by atoms with E-state index in [9.17, 15) is 9.59 Å². The number of nitrogen functional groups attached to an aromatic ring is 1. The number of ketones is 1. The van der Waals surface area contributed by atoms with Crippen LogP contribution >= 0.6 is 8.30 Å². The van der Waals surface area contributed by atoms with Gasteiger partial charge in [-0.05, 0) is 36.5 Å². The lowest BCUT2D eigenvalue weighted by Crippen LogP contribution is -2.22. The molecule has 0 fully saturated rings. The van der Waals surface area contributed by atoms with Gasteiger partial charge >= 0.3 is 0 Å². The van der Waals surface area contributed by atoms with Gasteiger partial charge in [-0.2, -0.15) is 0 Å². The molecule has 2 aromatic carbocycles. The lowest BCUT2D eigenvalue weighted by atomic mass is 10.00.